The Morgan fingerprint density at radius 3 is 1.41 bits per heavy atom. The molecule has 1 atom stereocenters. The van der Waals surface area contributed by atoms with E-state index < -0.39 is 6.10 Å². The first-order valence-corrected chi connectivity index (χ1v) is 8.77. The summed E-state index contributed by atoms with van der Waals surface area (Å²) in [5, 5.41) is 33.1. The highest BCUT2D eigenvalue weighted by Crippen LogP contribution is 2.10. The van der Waals surface area contributed by atoms with Gasteiger partial charge in [-0.25, -0.2) is 0 Å². The molecule has 0 fully saturated rings. The number of hydrogen-bond acceptors (Lipinski definition) is 5. The van der Waals surface area contributed by atoms with Crippen molar-refractivity contribution in [3.05, 3.63) is 0 Å². The van der Waals surface area contributed by atoms with Gasteiger partial charge in [-0.3, -0.25) is 0 Å². The van der Waals surface area contributed by atoms with Gasteiger partial charge in [-0.15, -0.1) is 0 Å². The Balaban J connectivity index is 0. The van der Waals surface area contributed by atoms with E-state index in [9.17, 15) is 0 Å². The quantitative estimate of drug-likeness (QED) is 0.347. The maximum atomic E-state index is 8.62. The Morgan fingerprint density at radius 2 is 1.05 bits per heavy atom. The minimum atomic E-state index is -0.560. The SMILES string of the molecule is CC(O)CO.OCCCCCCCCCCCCOCCO. The number of aliphatic hydroxyl groups excluding tert-OH is 4. The van der Waals surface area contributed by atoms with Gasteiger partial charge in [-0.1, -0.05) is 51.4 Å². The average Bonchev–Trinajstić information content (AvgIpc) is 2.52. The summed E-state index contributed by atoms with van der Waals surface area (Å²) in [6, 6.07) is 0. The Hall–Kier alpha value is -0.200. The van der Waals surface area contributed by atoms with E-state index in [1.807, 2.05) is 0 Å². The molecule has 136 valence electrons. The molecule has 1 unspecified atom stereocenters. The van der Waals surface area contributed by atoms with Crippen LogP contribution in [0.15, 0.2) is 0 Å². The first-order chi connectivity index (χ1) is 10.7. The summed E-state index contributed by atoms with van der Waals surface area (Å²) in [5.74, 6) is 0. The van der Waals surface area contributed by atoms with Crippen LogP contribution in [0.25, 0.3) is 0 Å². The van der Waals surface area contributed by atoms with Crippen molar-refractivity contribution in [1.82, 2.24) is 0 Å². The van der Waals surface area contributed by atoms with Gasteiger partial charge in [0.25, 0.3) is 0 Å². The van der Waals surface area contributed by atoms with Crippen molar-refractivity contribution in [2.24, 2.45) is 0 Å². The van der Waals surface area contributed by atoms with Crippen LogP contribution in [0.3, 0.4) is 0 Å². The van der Waals surface area contributed by atoms with Crippen LogP contribution in [0.5, 0.6) is 0 Å². The van der Waals surface area contributed by atoms with E-state index in [1.165, 1.54) is 58.3 Å². The van der Waals surface area contributed by atoms with Crippen molar-refractivity contribution in [2.45, 2.75) is 77.2 Å². The van der Waals surface area contributed by atoms with Gasteiger partial charge in [0.1, 0.15) is 0 Å². The summed E-state index contributed by atoms with van der Waals surface area (Å²) in [6.07, 6.45) is 11.9. The maximum absolute atomic E-state index is 8.62. The van der Waals surface area contributed by atoms with E-state index in [0.717, 1.165) is 19.4 Å². The molecular formula is C17H38O5. The molecule has 0 aromatic rings. The van der Waals surface area contributed by atoms with E-state index in [4.69, 9.17) is 25.2 Å². The molecule has 0 saturated heterocycles. The zero-order valence-corrected chi connectivity index (χ0v) is 14.4. The van der Waals surface area contributed by atoms with Crippen molar-refractivity contribution < 1.29 is 25.2 Å². The normalized spacial score (nSPS) is 11.9. The van der Waals surface area contributed by atoms with Crippen molar-refractivity contribution in [1.29, 1.82) is 0 Å². The Labute approximate surface area is 136 Å². The molecule has 4 N–H and O–H groups in total. The molecule has 0 amide bonds. The Bertz CT molecular complexity index is 162. The molecule has 0 saturated carbocycles. The van der Waals surface area contributed by atoms with E-state index in [-0.39, 0.29) is 13.2 Å². The van der Waals surface area contributed by atoms with E-state index >= 15 is 0 Å². The van der Waals surface area contributed by atoms with Crippen molar-refractivity contribution >= 4 is 0 Å². The maximum Gasteiger partial charge on any atom is 0.0742 e. The fourth-order valence-electron chi connectivity index (χ4n) is 1.90. The topological polar surface area (TPSA) is 90.2 Å². The lowest BCUT2D eigenvalue weighted by molar-refractivity contribution is 0.0895. The summed E-state index contributed by atoms with van der Waals surface area (Å²) in [7, 11) is 0. The van der Waals surface area contributed by atoms with Crippen LogP contribution in [-0.2, 0) is 4.74 Å². The van der Waals surface area contributed by atoms with Crippen LogP contribution in [-0.4, -0.2) is 59.6 Å². The molecule has 0 radical (unpaired) electrons. The Kier molecular flexibility index (Phi) is 25.2. The third-order valence-electron chi connectivity index (χ3n) is 3.20. The molecule has 0 spiro atoms. The number of ether oxygens (including phenoxy) is 1. The van der Waals surface area contributed by atoms with E-state index in [2.05, 4.69) is 0 Å². The first-order valence-electron chi connectivity index (χ1n) is 8.77. The number of aliphatic hydroxyl groups is 4. The predicted molar refractivity (Wildman–Crippen MR) is 89.9 cm³/mol. The highest BCUT2D eigenvalue weighted by atomic mass is 16.5. The summed E-state index contributed by atoms with van der Waals surface area (Å²) >= 11 is 0. The number of unbranched alkanes of at least 4 members (excludes halogenated alkanes) is 9. The van der Waals surface area contributed by atoms with Crippen molar-refractivity contribution in [3.8, 4) is 0 Å². The van der Waals surface area contributed by atoms with Crippen molar-refractivity contribution in [3.63, 3.8) is 0 Å². The monoisotopic (exact) mass is 322 g/mol. The first kappa shape index (κ1) is 24.1. The zero-order chi connectivity index (χ0) is 16.9. The van der Waals surface area contributed by atoms with Crippen LogP contribution in [0, 0.1) is 0 Å². The molecule has 0 aliphatic rings. The summed E-state index contributed by atoms with van der Waals surface area (Å²) in [4.78, 5) is 0. The van der Waals surface area contributed by atoms with Gasteiger partial charge >= 0.3 is 0 Å². The molecule has 0 heterocycles. The second-order valence-electron chi connectivity index (χ2n) is 5.63. The molecule has 0 aliphatic carbocycles. The zero-order valence-electron chi connectivity index (χ0n) is 14.4. The highest BCUT2D eigenvalue weighted by molar-refractivity contribution is 4.47. The van der Waals surface area contributed by atoms with Gasteiger partial charge in [0.2, 0.25) is 0 Å². The second-order valence-corrected chi connectivity index (χ2v) is 5.63. The highest BCUT2D eigenvalue weighted by Gasteiger charge is 1.93. The fourth-order valence-corrected chi connectivity index (χ4v) is 1.90. The summed E-state index contributed by atoms with van der Waals surface area (Å²) < 4.78 is 5.20. The van der Waals surface area contributed by atoms with Gasteiger partial charge in [-0.05, 0) is 19.8 Å². The fraction of sp³-hybridized carbons (Fsp3) is 1.00. The van der Waals surface area contributed by atoms with Crippen molar-refractivity contribution in [2.75, 3.05) is 33.0 Å². The van der Waals surface area contributed by atoms with Gasteiger partial charge < -0.3 is 25.2 Å². The molecule has 0 bridgehead atoms. The summed E-state index contributed by atoms with van der Waals surface area (Å²) in [5.41, 5.74) is 0. The molecule has 5 nitrogen and oxygen atoms in total. The largest absolute Gasteiger partial charge is 0.396 e. The van der Waals surface area contributed by atoms with Crippen LogP contribution >= 0.6 is 0 Å². The van der Waals surface area contributed by atoms with Crippen LogP contribution in [0.2, 0.25) is 0 Å². The molecule has 0 aromatic carbocycles. The Morgan fingerprint density at radius 1 is 0.636 bits per heavy atom. The molecule has 0 aromatic heterocycles. The molecular weight excluding hydrogens is 284 g/mol. The molecule has 0 aliphatic heterocycles. The minimum absolute atomic E-state index is 0.135. The lowest BCUT2D eigenvalue weighted by atomic mass is 10.1. The smallest absolute Gasteiger partial charge is 0.0742 e. The van der Waals surface area contributed by atoms with E-state index in [0.29, 0.717) is 13.2 Å². The average molecular weight is 322 g/mol. The molecule has 0 rings (SSSR count). The van der Waals surface area contributed by atoms with Crippen LogP contribution < -0.4 is 0 Å². The van der Waals surface area contributed by atoms with Crippen LogP contribution in [0.1, 0.15) is 71.1 Å². The third-order valence-corrected chi connectivity index (χ3v) is 3.20. The lowest BCUT2D eigenvalue weighted by Crippen LogP contribution is -2.03. The minimum Gasteiger partial charge on any atom is -0.396 e. The van der Waals surface area contributed by atoms with Gasteiger partial charge in [0.15, 0.2) is 0 Å². The number of hydrogen-bond donors (Lipinski definition) is 4. The molecule has 5 heteroatoms. The molecule has 22 heavy (non-hydrogen) atoms. The summed E-state index contributed by atoms with van der Waals surface area (Å²) in [6.45, 7) is 3.14. The van der Waals surface area contributed by atoms with E-state index in [1.54, 1.807) is 0 Å². The van der Waals surface area contributed by atoms with Gasteiger partial charge in [0.05, 0.1) is 25.9 Å². The predicted octanol–water partition coefficient (Wildman–Crippen LogP) is 2.25. The van der Waals surface area contributed by atoms with Gasteiger partial charge in [-0.2, -0.15) is 0 Å². The third kappa shape index (κ3) is 28.0. The lowest BCUT2D eigenvalue weighted by Gasteiger charge is -2.03. The van der Waals surface area contributed by atoms with Crippen LogP contribution in [0.4, 0.5) is 0 Å². The van der Waals surface area contributed by atoms with Gasteiger partial charge in [0, 0.05) is 13.2 Å². The second kappa shape index (κ2) is 23.1. The standard InChI is InChI=1S/C14H30O3.C3H8O2/c15-11-9-7-5-3-1-2-4-6-8-10-13-17-14-12-16;1-3(5)2-4/h15-16H,1-14H2;3-5H,2H2,1H3. The number of rotatable bonds is 15.